The van der Waals surface area contributed by atoms with Crippen molar-refractivity contribution in [2.45, 2.75) is 6.54 Å². The number of aromatic nitrogens is 2. The van der Waals surface area contributed by atoms with Crippen LogP contribution in [-0.4, -0.2) is 22.6 Å². The highest BCUT2D eigenvalue weighted by molar-refractivity contribution is 6.29. The molecule has 1 aromatic carbocycles. The van der Waals surface area contributed by atoms with Gasteiger partial charge in [-0.3, -0.25) is 0 Å². The Bertz CT molecular complexity index is 794. The number of esters is 1. The van der Waals surface area contributed by atoms with Crippen LogP contribution in [0, 0.1) is 0 Å². The zero-order valence-electron chi connectivity index (χ0n) is 11.4. The van der Waals surface area contributed by atoms with Crippen LogP contribution < -0.4 is 0 Å². The highest BCUT2D eigenvalue weighted by Gasteiger charge is 2.06. The third-order valence-electron chi connectivity index (χ3n) is 3.32. The first kappa shape index (κ1) is 13.6. The van der Waals surface area contributed by atoms with Crippen LogP contribution in [0.25, 0.3) is 11.0 Å². The number of hydrogen-bond donors (Lipinski definition) is 0. The minimum atomic E-state index is -0.327. The van der Waals surface area contributed by atoms with Crippen molar-refractivity contribution in [1.29, 1.82) is 0 Å². The summed E-state index contributed by atoms with van der Waals surface area (Å²) in [6.07, 6.45) is 1.97. The Balaban J connectivity index is 1.86. The molecule has 0 bridgehead atoms. The second-order valence-electron chi connectivity index (χ2n) is 4.67. The van der Waals surface area contributed by atoms with Crippen molar-refractivity contribution >= 4 is 28.6 Å². The molecule has 0 atom stereocenters. The van der Waals surface area contributed by atoms with Crippen molar-refractivity contribution in [2.24, 2.45) is 0 Å². The van der Waals surface area contributed by atoms with E-state index in [1.807, 2.05) is 30.5 Å². The van der Waals surface area contributed by atoms with E-state index >= 15 is 0 Å². The summed E-state index contributed by atoms with van der Waals surface area (Å²) < 4.78 is 6.78. The van der Waals surface area contributed by atoms with Crippen LogP contribution >= 0.6 is 11.6 Å². The molecular weight excluding hydrogens is 288 g/mol. The fourth-order valence-corrected chi connectivity index (χ4v) is 2.40. The number of nitrogens with zero attached hydrogens (tertiary/aromatic N) is 2. The number of methoxy groups -OCH3 is 1. The minimum absolute atomic E-state index is 0.327. The van der Waals surface area contributed by atoms with E-state index in [-0.39, 0.29) is 5.97 Å². The number of rotatable bonds is 3. The molecule has 0 aliphatic carbocycles. The second kappa shape index (κ2) is 5.58. The Hall–Kier alpha value is -2.33. The van der Waals surface area contributed by atoms with Gasteiger partial charge in [0.1, 0.15) is 5.15 Å². The van der Waals surface area contributed by atoms with Gasteiger partial charge < -0.3 is 9.30 Å². The molecule has 0 aliphatic heterocycles. The van der Waals surface area contributed by atoms with E-state index in [1.165, 1.54) is 7.11 Å². The van der Waals surface area contributed by atoms with Crippen molar-refractivity contribution < 1.29 is 9.53 Å². The van der Waals surface area contributed by atoms with Gasteiger partial charge in [0.15, 0.2) is 0 Å². The molecule has 0 saturated heterocycles. The molecule has 106 valence electrons. The van der Waals surface area contributed by atoms with Crippen LogP contribution in [0.15, 0.2) is 48.7 Å². The number of benzene rings is 1. The first-order chi connectivity index (χ1) is 10.2. The topological polar surface area (TPSA) is 44.1 Å². The van der Waals surface area contributed by atoms with Gasteiger partial charge in [-0.1, -0.05) is 23.7 Å². The van der Waals surface area contributed by atoms with Crippen molar-refractivity contribution in [3.8, 4) is 0 Å². The summed E-state index contributed by atoms with van der Waals surface area (Å²) in [5.74, 6) is -0.327. The van der Waals surface area contributed by atoms with Crippen molar-refractivity contribution in [3.05, 3.63) is 64.9 Å². The quantitative estimate of drug-likeness (QED) is 0.549. The number of fused-ring (bicyclic) bond motifs is 1. The summed E-state index contributed by atoms with van der Waals surface area (Å²) in [6.45, 7) is 0.703. The molecule has 0 spiro atoms. The molecule has 0 amide bonds. The first-order valence-electron chi connectivity index (χ1n) is 6.46. The molecule has 0 aliphatic rings. The average Bonchev–Trinajstić information content (AvgIpc) is 2.89. The molecule has 0 N–H and O–H groups in total. The van der Waals surface area contributed by atoms with Gasteiger partial charge in [-0.15, -0.1) is 0 Å². The largest absolute Gasteiger partial charge is 0.465 e. The van der Waals surface area contributed by atoms with Crippen molar-refractivity contribution in [3.63, 3.8) is 0 Å². The molecule has 0 saturated carbocycles. The lowest BCUT2D eigenvalue weighted by atomic mass is 10.1. The molecule has 3 rings (SSSR count). The highest BCUT2D eigenvalue weighted by Crippen LogP contribution is 2.18. The third kappa shape index (κ3) is 2.76. The summed E-state index contributed by atoms with van der Waals surface area (Å²) >= 11 is 5.88. The van der Waals surface area contributed by atoms with E-state index in [0.717, 1.165) is 16.6 Å². The first-order valence-corrected chi connectivity index (χ1v) is 6.84. The van der Waals surface area contributed by atoms with Gasteiger partial charge in [0, 0.05) is 12.7 Å². The monoisotopic (exact) mass is 300 g/mol. The molecule has 0 fully saturated rings. The van der Waals surface area contributed by atoms with Gasteiger partial charge in [-0.25, -0.2) is 9.78 Å². The normalized spacial score (nSPS) is 10.8. The number of ether oxygens (including phenoxy) is 1. The van der Waals surface area contributed by atoms with Crippen LogP contribution in [0.2, 0.25) is 5.15 Å². The molecule has 5 heteroatoms. The van der Waals surface area contributed by atoms with Crippen LogP contribution in [0.3, 0.4) is 0 Å². The molecule has 4 nitrogen and oxygen atoms in total. The predicted octanol–water partition coefficient (Wildman–Crippen LogP) is 3.52. The van der Waals surface area contributed by atoms with E-state index in [0.29, 0.717) is 17.3 Å². The molecule has 21 heavy (non-hydrogen) atoms. The summed E-state index contributed by atoms with van der Waals surface area (Å²) in [7, 11) is 1.38. The molecular formula is C16H13ClN2O2. The van der Waals surface area contributed by atoms with Gasteiger partial charge in [0.2, 0.25) is 0 Å². The molecule has 0 unspecified atom stereocenters. The maximum atomic E-state index is 11.4. The summed E-state index contributed by atoms with van der Waals surface area (Å²) in [4.78, 5) is 15.7. The Morgan fingerprint density at radius 2 is 1.95 bits per heavy atom. The van der Waals surface area contributed by atoms with Gasteiger partial charge >= 0.3 is 5.97 Å². The Labute approximate surface area is 126 Å². The van der Waals surface area contributed by atoms with E-state index in [1.54, 1.807) is 18.2 Å². The van der Waals surface area contributed by atoms with Crippen molar-refractivity contribution in [1.82, 2.24) is 9.55 Å². The number of carbonyl (C=O) groups is 1. The maximum Gasteiger partial charge on any atom is 0.337 e. The highest BCUT2D eigenvalue weighted by atomic mass is 35.5. The Kier molecular flexibility index (Phi) is 3.62. The lowest BCUT2D eigenvalue weighted by Gasteiger charge is -2.06. The fourth-order valence-electron chi connectivity index (χ4n) is 2.25. The van der Waals surface area contributed by atoms with Gasteiger partial charge in [-0.2, -0.15) is 0 Å². The fraction of sp³-hybridized carbons (Fsp3) is 0.125. The molecule has 2 heterocycles. The summed E-state index contributed by atoms with van der Waals surface area (Å²) in [5, 5.41) is 0.489. The second-order valence-corrected chi connectivity index (χ2v) is 5.06. The minimum Gasteiger partial charge on any atom is -0.465 e. The lowest BCUT2D eigenvalue weighted by molar-refractivity contribution is 0.0600. The zero-order valence-corrected chi connectivity index (χ0v) is 12.2. The molecule has 2 aromatic heterocycles. The van der Waals surface area contributed by atoms with E-state index in [4.69, 9.17) is 11.6 Å². The molecule has 0 radical (unpaired) electrons. The van der Waals surface area contributed by atoms with E-state index in [2.05, 4.69) is 14.3 Å². The van der Waals surface area contributed by atoms with Crippen molar-refractivity contribution in [2.75, 3.05) is 7.11 Å². The van der Waals surface area contributed by atoms with Gasteiger partial charge in [0.05, 0.1) is 23.7 Å². The SMILES string of the molecule is COC(=O)c1ccc(Cn2ccc3nc(Cl)ccc32)cc1. The number of hydrogen-bond acceptors (Lipinski definition) is 3. The Morgan fingerprint density at radius 3 is 2.67 bits per heavy atom. The maximum absolute atomic E-state index is 11.4. The average molecular weight is 301 g/mol. The zero-order chi connectivity index (χ0) is 14.8. The van der Waals surface area contributed by atoms with Crippen LogP contribution in [0.5, 0.6) is 0 Å². The number of carbonyl (C=O) groups excluding carboxylic acids is 1. The van der Waals surface area contributed by atoms with E-state index in [9.17, 15) is 4.79 Å². The van der Waals surface area contributed by atoms with Gasteiger partial charge in [0.25, 0.3) is 0 Å². The van der Waals surface area contributed by atoms with Crippen LogP contribution in [0.1, 0.15) is 15.9 Å². The summed E-state index contributed by atoms with van der Waals surface area (Å²) in [6, 6.07) is 13.0. The van der Waals surface area contributed by atoms with E-state index < -0.39 is 0 Å². The Morgan fingerprint density at radius 1 is 1.19 bits per heavy atom. The molecule has 3 aromatic rings. The standard InChI is InChI=1S/C16H13ClN2O2/c1-21-16(20)12-4-2-11(3-5-12)10-19-9-8-13-14(19)6-7-15(17)18-13/h2-9H,10H2,1H3. The van der Waals surface area contributed by atoms with Crippen LogP contribution in [0.4, 0.5) is 0 Å². The predicted molar refractivity (Wildman–Crippen MR) is 81.6 cm³/mol. The number of pyridine rings is 1. The number of halogens is 1. The van der Waals surface area contributed by atoms with Gasteiger partial charge in [-0.05, 0) is 35.9 Å². The smallest absolute Gasteiger partial charge is 0.337 e. The lowest BCUT2D eigenvalue weighted by Crippen LogP contribution is -2.02. The third-order valence-corrected chi connectivity index (χ3v) is 3.53. The van der Waals surface area contributed by atoms with Crippen LogP contribution in [-0.2, 0) is 11.3 Å². The summed E-state index contributed by atoms with van der Waals surface area (Å²) in [5.41, 5.74) is 3.53.